The summed E-state index contributed by atoms with van der Waals surface area (Å²) in [4.78, 5) is 10.9. The molecule has 16 heavy (non-hydrogen) atoms. The summed E-state index contributed by atoms with van der Waals surface area (Å²) in [6.45, 7) is -0.0833. The minimum Gasteiger partial charge on any atom is -0.375 e. The van der Waals surface area contributed by atoms with E-state index in [-0.39, 0.29) is 17.4 Å². The van der Waals surface area contributed by atoms with Crippen LogP contribution in [0, 0.1) is 0 Å². The number of amides is 1. The molecule has 1 amide bonds. The predicted octanol–water partition coefficient (Wildman–Crippen LogP) is 0.518. The van der Waals surface area contributed by atoms with Crippen molar-refractivity contribution >= 4 is 21.7 Å². The molecule has 0 spiro atoms. The van der Waals surface area contributed by atoms with Crippen LogP contribution in [0.3, 0.4) is 0 Å². The monoisotopic (exact) mass is 245 g/mol. The van der Waals surface area contributed by atoms with Crippen LogP contribution in [0.1, 0.15) is 0 Å². The first-order valence-corrected chi connectivity index (χ1v) is 5.74. The van der Waals surface area contributed by atoms with E-state index in [4.69, 9.17) is 4.55 Å². The smallest absolute Gasteiger partial charge is 0.294 e. The van der Waals surface area contributed by atoms with Crippen LogP contribution in [-0.4, -0.2) is 32.6 Å². The summed E-state index contributed by atoms with van der Waals surface area (Å²) in [6.07, 6.45) is 0. The molecule has 0 saturated heterocycles. The van der Waals surface area contributed by atoms with Gasteiger partial charge in [0, 0.05) is 12.8 Å². The normalized spacial score (nSPS) is 11.1. The Balaban J connectivity index is 2.76. The summed E-state index contributed by atoms with van der Waals surface area (Å²) in [6, 6.07) is 5.13. The van der Waals surface area contributed by atoms with Gasteiger partial charge in [-0.05, 0) is 24.3 Å². The maximum absolute atomic E-state index is 11.1. The molecule has 1 aromatic carbocycles. The van der Waals surface area contributed by atoms with Crippen molar-refractivity contribution in [1.82, 2.24) is 0 Å². The first-order valence-electron chi connectivity index (χ1n) is 4.30. The molecule has 0 aliphatic rings. The van der Waals surface area contributed by atoms with E-state index in [9.17, 15) is 13.2 Å². The lowest BCUT2D eigenvalue weighted by molar-refractivity contribution is -0.119. The van der Waals surface area contributed by atoms with Crippen LogP contribution >= 0.6 is 0 Å². The molecule has 0 fully saturated rings. The Morgan fingerprint density at radius 2 is 1.94 bits per heavy atom. The van der Waals surface area contributed by atoms with Gasteiger partial charge in [-0.15, -0.1) is 0 Å². The average Bonchev–Trinajstić information content (AvgIpc) is 2.17. The third-order valence-corrected chi connectivity index (χ3v) is 2.58. The molecular formula is C9H11NO5S. The van der Waals surface area contributed by atoms with Gasteiger partial charge in [-0.3, -0.25) is 9.35 Å². The molecule has 1 rings (SSSR count). The Morgan fingerprint density at radius 3 is 2.38 bits per heavy atom. The van der Waals surface area contributed by atoms with E-state index < -0.39 is 10.1 Å². The number of anilines is 1. The lowest BCUT2D eigenvalue weighted by atomic mass is 10.3. The molecule has 1 aromatic rings. The van der Waals surface area contributed by atoms with Gasteiger partial charge in [-0.1, -0.05) is 0 Å². The third kappa shape index (κ3) is 3.61. The van der Waals surface area contributed by atoms with Crippen molar-refractivity contribution in [3.05, 3.63) is 24.3 Å². The fraction of sp³-hybridized carbons (Fsp3) is 0.222. The first kappa shape index (κ1) is 12.6. The van der Waals surface area contributed by atoms with E-state index in [0.717, 1.165) is 0 Å². The van der Waals surface area contributed by atoms with E-state index in [1.807, 2.05) is 0 Å². The number of nitrogens with one attached hydrogen (secondary N) is 1. The molecule has 0 radical (unpaired) electrons. The number of hydrogen-bond donors (Lipinski definition) is 2. The van der Waals surface area contributed by atoms with Crippen molar-refractivity contribution in [2.75, 3.05) is 19.0 Å². The zero-order valence-electron chi connectivity index (χ0n) is 8.50. The number of ether oxygens (including phenoxy) is 1. The SMILES string of the molecule is COCC(=O)Nc1ccc(S(=O)(=O)O)cc1. The van der Waals surface area contributed by atoms with Crippen molar-refractivity contribution in [2.45, 2.75) is 4.90 Å². The minimum atomic E-state index is -4.20. The molecule has 88 valence electrons. The number of carbonyl (C=O) groups excluding carboxylic acids is 1. The summed E-state index contributed by atoms with van der Waals surface area (Å²) in [5.41, 5.74) is 0.425. The highest BCUT2D eigenvalue weighted by molar-refractivity contribution is 7.85. The molecular weight excluding hydrogens is 234 g/mol. The molecule has 0 aliphatic heterocycles. The molecule has 0 saturated carbocycles. The topological polar surface area (TPSA) is 92.7 Å². The quantitative estimate of drug-likeness (QED) is 0.754. The van der Waals surface area contributed by atoms with Crippen molar-refractivity contribution in [1.29, 1.82) is 0 Å². The van der Waals surface area contributed by atoms with Gasteiger partial charge in [0.15, 0.2) is 0 Å². The Morgan fingerprint density at radius 1 is 1.38 bits per heavy atom. The Kier molecular flexibility index (Phi) is 3.99. The molecule has 0 aromatic heterocycles. The van der Waals surface area contributed by atoms with Crippen LogP contribution < -0.4 is 5.32 Å². The van der Waals surface area contributed by atoms with Crippen molar-refractivity contribution in [3.63, 3.8) is 0 Å². The number of carbonyl (C=O) groups is 1. The number of benzene rings is 1. The predicted molar refractivity (Wildman–Crippen MR) is 56.8 cm³/mol. The summed E-state index contributed by atoms with van der Waals surface area (Å²) in [5.74, 6) is -0.345. The first-order chi connectivity index (χ1) is 7.43. The summed E-state index contributed by atoms with van der Waals surface area (Å²) >= 11 is 0. The molecule has 0 aliphatic carbocycles. The molecule has 2 N–H and O–H groups in total. The van der Waals surface area contributed by atoms with Crippen LogP contribution in [-0.2, 0) is 19.6 Å². The fourth-order valence-electron chi connectivity index (χ4n) is 1.04. The van der Waals surface area contributed by atoms with Crippen LogP contribution in [0.15, 0.2) is 29.2 Å². The molecule has 0 unspecified atom stereocenters. The number of methoxy groups -OCH3 is 1. The maximum Gasteiger partial charge on any atom is 0.294 e. The van der Waals surface area contributed by atoms with E-state index in [0.29, 0.717) is 5.69 Å². The molecule has 0 heterocycles. The second kappa shape index (κ2) is 5.06. The zero-order chi connectivity index (χ0) is 12.2. The number of hydrogen-bond acceptors (Lipinski definition) is 4. The maximum atomic E-state index is 11.1. The van der Waals surface area contributed by atoms with Gasteiger partial charge in [0.25, 0.3) is 10.1 Å². The van der Waals surface area contributed by atoms with Crippen LogP contribution in [0.5, 0.6) is 0 Å². The fourth-order valence-corrected chi connectivity index (χ4v) is 1.52. The summed E-state index contributed by atoms with van der Waals surface area (Å²) < 4.78 is 34.8. The van der Waals surface area contributed by atoms with E-state index in [2.05, 4.69) is 10.1 Å². The zero-order valence-corrected chi connectivity index (χ0v) is 9.32. The van der Waals surface area contributed by atoms with E-state index in [1.54, 1.807) is 0 Å². The lowest BCUT2D eigenvalue weighted by Crippen LogP contribution is -2.17. The molecule has 0 atom stereocenters. The highest BCUT2D eigenvalue weighted by atomic mass is 32.2. The van der Waals surface area contributed by atoms with Gasteiger partial charge in [0.1, 0.15) is 6.61 Å². The van der Waals surface area contributed by atoms with E-state index in [1.165, 1.54) is 31.4 Å². The Bertz CT molecular complexity index is 465. The summed E-state index contributed by atoms with van der Waals surface area (Å²) in [7, 11) is -2.81. The van der Waals surface area contributed by atoms with Gasteiger partial charge in [0.05, 0.1) is 4.90 Å². The standard InChI is InChI=1S/C9H11NO5S/c1-15-6-9(11)10-7-2-4-8(5-3-7)16(12,13)14/h2-5H,6H2,1H3,(H,10,11)(H,12,13,14). The van der Waals surface area contributed by atoms with Crippen LogP contribution in [0.25, 0.3) is 0 Å². The van der Waals surface area contributed by atoms with Crippen LogP contribution in [0.2, 0.25) is 0 Å². The lowest BCUT2D eigenvalue weighted by Gasteiger charge is -2.04. The minimum absolute atomic E-state index is 0.0833. The van der Waals surface area contributed by atoms with Gasteiger partial charge < -0.3 is 10.1 Å². The van der Waals surface area contributed by atoms with E-state index >= 15 is 0 Å². The highest BCUT2D eigenvalue weighted by Crippen LogP contribution is 2.13. The second-order valence-corrected chi connectivity index (χ2v) is 4.40. The molecule has 7 heteroatoms. The van der Waals surface area contributed by atoms with Crippen molar-refractivity contribution < 1.29 is 22.5 Å². The highest BCUT2D eigenvalue weighted by Gasteiger charge is 2.09. The molecule has 0 bridgehead atoms. The van der Waals surface area contributed by atoms with Gasteiger partial charge in [0.2, 0.25) is 5.91 Å². The average molecular weight is 245 g/mol. The van der Waals surface area contributed by atoms with Crippen molar-refractivity contribution in [3.8, 4) is 0 Å². The van der Waals surface area contributed by atoms with Crippen LogP contribution in [0.4, 0.5) is 5.69 Å². The Hall–Kier alpha value is -1.44. The van der Waals surface area contributed by atoms with Gasteiger partial charge >= 0.3 is 0 Å². The largest absolute Gasteiger partial charge is 0.375 e. The van der Waals surface area contributed by atoms with Gasteiger partial charge in [-0.25, -0.2) is 0 Å². The molecule has 6 nitrogen and oxygen atoms in total. The third-order valence-electron chi connectivity index (χ3n) is 1.71. The Labute approximate surface area is 93.0 Å². The second-order valence-electron chi connectivity index (χ2n) is 2.98. The summed E-state index contributed by atoms with van der Waals surface area (Å²) in [5, 5.41) is 2.48. The van der Waals surface area contributed by atoms with Crippen molar-refractivity contribution in [2.24, 2.45) is 0 Å². The van der Waals surface area contributed by atoms with Gasteiger partial charge in [-0.2, -0.15) is 8.42 Å². The number of rotatable bonds is 4.